The number of nitrogen functional groups attached to an aromatic ring is 1. The molecule has 0 spiro atoms. The highest BCUT2D eigenvalue weighted by atomic mass is 32.2. The van der Waals surface area contributed by atoms with Crippen LogP contribution in [0.5, 0.6) is 5.75 Å². The molecule has 0 aliphatic carbocycles. The zero-order valence-corrected chi connectivity index (χ0v) is 12.1. The number of benzene rings is 1. The number of methoxy groups -OCH3 is 1. The predicted octanol–water partition coefficient (Wildman–Crippen LogP) is -1.76. The summed E-state index contributed by atoms with van der Waals surface area (Å²) >= 11 is 0. The lowest BCUT2D eigenvalue weighted by molar-refractivity contribution is -0.120. The van der Waals surface area contributed by atoms with Crippen molar-refractivity contribution in [2.75, 3.05) is 25.9 Å². The Morgan fingerprint density at radius 1 is 1.19 bits per heavy atom. The normalized spacial score (nSPS) is 11.3. The van der Waals surface area contributed by atoms with Crippen LogP contribution in [0.1, 0.15) is 0 Å². The van der Waals surface area contributed by atoms with Crippen molar-refractivity contribution in [1.82, 2.24) is 4.31 Å². The van der Waals surface area contributed by atoms with E-state index in [1.165, 1.54) is 25.3 Å². The Hall–Kier alpha value is -2.33. The number of nitrogens with two attached hydrogens (primary N) is 3. The molecule has 21 heavy (non-hydrogen) atoms. The molecule has 0 aliphatic rings. The smallest absolute Gasteiger partial charge is 0.244 e. The topological polar surface area (TPSA) is 159 Å². The summed E-state index contributed by atoms with van der Waals surface area (Å²) in [5.74, 6) is -1.68. The molecule has 10 heteroatoms. The Morgan fingerprint density at radius 3 is 2.14 bits per heavy atom. The van der Waals surface area contributed by atoms with Crippen molar-refractivity contribution in [3.05, 3.63) is 18.2 Å². The summed E-state index contributed by atoms with van der Waals surface area (Å²) in [5, 5.41) is 0. The summed E-state index contributed by atoms with van der Waals surface area (Å²) in [5.41, 5.74) is 15.8. The maximum atomic E-state index is 12.4. The molecule has 1 aromatic carbocycles. The van der Waals surface area contributed by atoms with Crippen molar-refractivity contribution >= 4 is 27.5 Å². The molecule has 9 nitrogen and oxygen atoms in total. The molecule has 0 bridgehead atoms. The number of hydrogen-bond donors (Lipinski definition) is 3. The van der Waals surface area contributed by atoms with Gasteiger partial charge in [0.2, 0.25) is 21.8 Å². The highest BCUT2D eigenvalue weighted by Gasteiger charge is 2.28. The third-order valence-electron chi connectivity index (χ3n) is 2.51. The van der Waals surface area contributed by atoms with Gasteiger partial charge in [0.15, 0.2) is 0 Å². The SMILES string of the molecule is COc1cc(S(=O)(=O)N(CC(N)=O)CC(N)=O)ccc1N. The number of carbonyl (C=O) groups excluding carboxylic acids is 2. The maximum absolute atomic E-state index is 12.4. The summed E-state index contributed by atoms with van der Waals surface area (Å²) in [6.45, 7) is -1.34. The van der Waals surface area contributed by atoms with Crippen LogP contribution in [0.3, 0.4) is 0 Å². The van der Waals surface area contributed by atoms with E-state index in [1.807, 2.05) is 0 Å². The van der Waals surface area contributed by atoms with Crippen molar-refractivity contribution in [1.29, 1.82) is 0 Å². The van der Waals surface area contributed by atoms with E-state index in [-0.39, 0.29) is 16.3 Å². The fourth-order valence-corrected chi connectivity index (χ4v) is 2.96. The summed E-state index contributed by atoms with van der Waals surface area (Å²) in [7, 11) is -2.82. The lowest BCUT2D eigenvalue weighted by atomic mass is 10.3. The van der Waals surface area contributed by atoms with Crippen LogP contribution < -0.4 is 21.9 Å². The summed E-state index contributed by atoms with van der Waals surface area (Å²) in [6, 6.07) is 3.74. The molecule has 0 saturated heterocycles. The molecule has 0 fully saturated rings. The molecule has 6 N–H and O–H groups in total. The van der Waals surface area contributed by atoms with Crippen molar-refractivity contribution in [3.63, 3.8) is 0 Å². The maximum Gasteiger partial charge on any atom is 0.244 e. The summed E-state index contributed by atoms with van der Waals surface area (Å²) in [4.78, 5) is 21.7. The number of hydrogen-bond acceptors (Lipinski definition) is 6. The zero-order valence-electron chi connectivity index (χ0n) is 11.3. The Kier molecular flexibility index (Phi) is 5.11. The first-order valence-corrected chi connectivity index (χ1v) is 7.12. The molecule has 0 aliphatic heterocycles. The van der Waals surface area contributed by atoms with Gasteiger partial charge in [-0.3, -0.25) is 9.59 Å². The molecule has 0 aromatic heterocycles. The van der Waals surface area contributed by atoms with Crippen LogP contribution in [0.15, 0.2) is 23.1 Å². The molecule has 116 valence electrons. The van der Waals surface area contributed by atoms with Crippen LogP contribution in [-0.2, 0) is 19.6 Å². The van der Waals surface area contributed by atoms with Gasteiger partial charge in [0.1, 0.15) is 5.75 Å². The van der Waals surface area contributed by atoms with Gasteiger partial charge < -0.3 is 21.9 Å². The second-order valence-corrected chi connectivity index (χ2v) is 6.05. The molecule has 0 atom stereocenters. The first kappa shape index (κ1) is 16.7. The van der Waals surface area contributed by atoms with Crippen LogP contribution >= 0.6 is 0 Å². The quantitative estimate of drug-likeness (QED) is 0.505. The first-order valence-electron chi connectivity index (χ1n) is 5.68. The minimum atomic E-state index is -4.14. The zero-order chi connectivity index (χ0) is 16.2. The average molecular weight is 316 g/mol. The molecule has 2 amide bonds. The first-order chi connectivity index (χ1) is 9.68. The molecular weight excluding hydrogens is 300 g/mol. The van der Waals surface area contributed by atoms with E-state index in [4.69, 9.17) is 21.9 Å². The van der Waals surface area contributed by atoms with Gasteiger partial charge in [-0.15, -0.1) is 0 Å². The lowest BCUT2D eigenvalue weighted by Gasteiger charge is -2.19. The number of anilines is 1. The van der Waals surface area contributed by atoms with Crippen LogP contribution in [-0.4, -0.2) is 44.7 Å². The van der Waals surface area contributed by atoms with Crippen molar-refractivity contribution in [2.24, 2.45) is 11.5 Å². The van der Waals surface area contributed by atoms with Gasteiger partial charge >= 0.3 is 0 Å². The second-order valence-electron chi connectivity index (χ2n) is 4.11. The van der Waals surface area contributed by atoms with E-state index >= 15 is 0 Å². The van der Waals surface area contributed by atoms with Crippen molar-refractivity contribution < 1.29 is 22.7 Å². The third kappa shape index (κ3) is 4.07. The van der Waals surface area contributed by atoms with Crippen LogP contribution in [0.2, 0.25) is 0 Å². The highest BCUT2D eigenvalue weighted by Crippen LogP contribution is 2.26. The van der Waals surface area contributed by atoms with E-state index in [9.17, 15) is 18.0 Å². The van der Waals surface area contributed by atoms with Gasteiger partial charge in [-0.25, -0.2) is 8.42 Å². The van der Waals surface area contributed by atoms with Crippen LogP contribution in [0, 0.1) is 0 Å². The van der Waals surface area contributed by atoms with Crippen LogP contribution in [0.25, 0.3) is 0 Å². The fraction of sp³-hybridized carbons (Fsp3) is 0.273. The standard InChI is InChI=1S/C11H16N4O5S/c1-20-9-4-7(2-3-8(9)12)21(18,19)15(5-10(13)16)6-11(14)17/h2-4H,5-6,12H2,1H3,(H2,13,16)(H2,14,17). The van der Waals surface area contributed by atoms with Gasteiger partial charge in [-0.2, -0.15) is 4.31 Å². The number of primary amides is 2. The molecular formula is C11H16N4O5S. The van der Waals surface area contributed by atoms with Gasteiger partial charge in [0, 0.05) is 6.07 Å². The number of nitrogens with zero attached hydrogens (tertiary/aromatic N) is 1. The Morgan fingerprint density at radius 2 is 1.71 bits per heavy atom. The number of amides is 2. The predicted molar refractivity (Wildman–Crippen MR) is 74.6 cm³/mol. The fourth-order valence-electron chi connectivity index (χ4n) is 1.57. The Bertz CT molecular complexity index is 643. The minimum absolute atomic E-state index is 0.147. The van der Waals surface area contributed by atoms with Gasteiger partial charge in [-0.1, -0.05) is 0 Å². The Labute approximate surface area is 121 Å². The number of ether oxygens (including phenoxy) is 1. The summed E-state index contributed by atoms with van der Waals surface area (Å²) < 4.78 is 30.3. The monoisotopic (exact) mass is 316 g/mol. The van der Waals surface area contributed by atoms with Crippen LogP contribution in [0.4, 0.5) is 5.69 Å². The van der Waals surface area contributed by atoms with Gasteiger partial charge in [-0.05, 0) is 12.1 Å². The van der Waals surface area contributed by atoms with E-state index in [2.05, 4.69) is 0 Å². The summed E-state index contributed by atoms with van der Waals surface area (Å²) in [6.07, 6.45) is 0. The van der Waals surface area contributed by atoms with Crippen molar-refractivity contribution in [2.45, 2.75) is 4.90 Å². The minimum Gasteiger partial charge on any atom is -0.495 e. The van der Waals surface area contributed by atoms with E-state index in [0.717, 1.165) is 0 Å². The van der Waals surface area contributed by atoms with E-state index in [1.54, 1.807) is 0 Å². The second kappa shape index (κ2) is 6.41. The number of sulfonamides is 1. The number of rotatable bonds is 7. The van der Waals surface area contributed by atoms with Gasteiger partial charge in [0.25, 0.3) is 0 Å². The number of carbonyl (C=O) groups is 2. The van der Waals surface area contributed by atoms with E-state index in [0.29, 0.717) is 4.31 Å². The molecule has 0 saturated carbocycles. The molecule has 0 heterocycles. The third-order valence-corrected chi connectivity index (χ3v) is 4.29. The van der Waals surface area contributed by atoms with E-state index < -0.39 is 34.9 Å². The largest absolute Gasteiger partial charge is 0.495 e. The highest BCUT2D eigenvalue weighted by molar-refractivity contribution is 7.89. The Balaban J connectivity index is 3.27. The molecule has 1 rings (SSSR count). The average Bonchev–Trinajstić information content (AvgIpc) is 2.37. The molecule has 0 radical (unpaired) electrons. The molecule has 1 aromatic rings. The lowest BCUT2D eigenvalue weighted by Crippen LogP contribution is -2.43. The van der Waals surface area contributed by atoms with Crippen molar-refractivity contribution in [3.8, 4) is 5.75 Å². The molecule has 0 unspecified atom stereocenters. The van der Waals surface area contributed by atoms with Gasteiger partial charge in [0.05, 0.1) is 30.8 Å².